The third-order valence-corrected chi connectivity index (χ3v) is 4.32. The Morgan fingerprint density at radius 3 is 2.57 bits per heavy atom. The average molecular weight is 329 g/mol. The minimum absolute atomic E-state index is 0.0666. The van der Waals surface area contributed by atoms with E-state index in [0.717, 1.165) is 18.5 Å². The third-order valence-electron chi connectivity index (χ3n) is 3.58. The molecule has 21 heavy (non-hydrogen) atoms. The Bertz CT molecular complexity index is 525. The highest BCUT2D eigenvalue weighted by Gasteiger charge is 2.43. The Hall–Kier alpha value is -0.770. The molecule has 116 valence electrons. The molecule has 0 bridgehead atoms. The molecular weight excluding hydrogens is 307 g/mol. The first-order valence-corrected chi connectivity index (χ1v) is 8.01. The molecule has 0 heterocycles. The van der Waals surface area contributed by atoms with Gasteiger partial charge in [0.25, 0.3) is 0 Å². The van der Waals surface area contributed by atoms with Crippen LogP contribution in [0.15, 0.2) is 18.2 Å². The van der Waals surface area contributed by atoms with Crippen molar-refractivity contribution in [3.05, 3.63) is 33.8 Å². The second-order valence-corrected chi connectivity index (χ2v) is 7.40. The molecule has 0 aliphatic heterocycles. The van der Waals surface area contributed by atoms with Crippen molar-refractivity contribution in [3.63, 3.8) is 0 Å². The highest BCUT2D eigenvalue weighted by atomic mass is 35.5. The largest absolute Gasteiger partial charge is 0.355 e. The van der Waals surface area contributed by atoms with Crippen LogP contribution < -0.4 is 10.6 Å². The number of amides is 1. The number of halogens is 2. The molecule has 3 nitrogen and oxygen atoms in total. The van der Waals surface area contributed by atoms with Crippen LogP contribution in [0, 0.1) is 5.92 Å². The van der Waals surface area contributed by atoms with Gasteiger partial charge in [0.2, 0.25) is 5.91 Å². The van der Waals surface area contributed by atoms with Gasteiger partial charge >= 0.3 is 0 Å². The van der Waals surface area contributed by atoms with Gasteiger partial charge in [-0.05, 0) is 50.8 Å². The molecule has 2 atom stereocenters. The van der Waals surface area contributed by atoms with E-state index in [4.69, 9.17) is 23.2 Å². The van der Waals surface area contributed by atoms with Gasteiger partial charge in [-0.2, -0.15) is 0 Å². The second-order valence-electron chi connectivity index (χ2n) is 6.59. The van der Waals surface area contributed by atoms with E-state index < -0.39 is 0 Å². The van der Waals surface area contributed by atoms with Gasteiger partial charge in [-0.3, -0.25) is 4.79 Å². The summed E-state index contributed by atoms with van der Waals surface area (Å²) in [5.41, 5.74) is 1.17. The molecule has 2 unspecified atom stereocenters. The first-order valence-electron chi connectivity index (χ1n) is 7.25. The highest BCUT2D eigenvalue weighted by molar-refractivity contribution is 6.42. The van der Waals surface area contributed by atoms with Crippen LogP contribution in [0.1, 0.15) is 38.7 Å². The smallest absolute Gasteiger partial charge is 0.223 e. The van der Waals surface area contributed by atoms with Crippen LogP contribution in [-0.2, 0) is 4.79 Å². The Kier molecular flexibility index (Phi) is 5.18. The van der Waals surface area contributed by atoms with E-state index in [1.807, 2.05) is 12.1 Å². The number of carbonyl (C=O) groups excluding carboxylic acids is 1. The maximum Gasteiger partial charge on any atom is 0.223 e. The van der Waals surface area contributed by atoms with Gasteiger partial charge in [0.1, 0.15) is 0 Å². The maximum atomic E-state index is 12.1. The molecule has 0 aromatic heterocycles. The maximum absolute atomic E-state index is 12.1. The van der Waals surface area contributed by atoms with Gasteiger partial charge in [0.05, 0.1) is 10.0 Å². The van der Waals surface area contributed by atoms with Gasteiger partial charge in [-0.1, -0.05) is 29.3 Å². The zero-order valence-electron chi connectivity index (χ0n) is 12.7. The van der Waals surface area contributed by atoms with Gasteiger partial charge in [0, 0.05) is 24.5 Å². The molecule has 1 amide bonds. The van der Waals surface area contributed by atoms with Crippen molar-refractivity contribution in [2.24, 2.45) is 5.92 Å². The summed E-state index contributed by atoms with van der Waals surface area (Å²) in [6.45, 7) is 7.75. The van der Waals surface area contributed by atoms with Crippen molar-refractivity contribution in [1.82, 2.24) is 10.6 Å². The van der Waals surface area contributed by atoms with Crippen molar-refractivity contribution in [2.45, 2.75) is 38.6 Å². The fourth-order valence-corrected chi connectivity index (χ4v) is 2.66. The Morgan fingerprint density at radius 1 is 1.24 bits per heavy atom. The molecule has 1 aromatic carbocycles. The average Bonchev–Trinajstić information content (AvgIpc) is 3.17. The third kappa shape index (κ3) is 4.87. The molecule has 2 N–H and O–H groups in total. The van der Waals surface area contributed by atoms with Crippen LogP contribution in [0.3, 0.4) is 0 Å². The lowest BCUT2D eigenvalue weighted by Crippen LogP contribution is -2.41. The topological polar surface area (TPSA) is 41.1 Å². The molecule has 0 saturated heterocycles. The summed E-state index contributed by atoms with van der Waals surface area (Å²) < 4.78 is 0. The lowest BCUT2D eigenvalue weighted by Gasteiger charge is -2.20. The summed E-state index contributed by atoms with van der Waals surface area (Å²) in [5.74, 6) is 0.467. The second kappa shape index (κ2) is 6.55. The zero-order chi connectivity index (χ0) is 15.6. The Labute approximate surface area is 136 Å². The van der Waals surface area contributed by atoms with E-state index in [1.165, 1.54) is 0 Å². The summed E-state index contributed by atoms with van der Waals surface area (Å²) in [7, 11) is 0. The van der Waals surface area contributed by atoms with E-state index in [1.54, 1.807) is 6.07 Å². The predicted molar refractivity (Wildman–Crippen MR) is 88.1 cm³/mol. The molecule has 0 spiro atoms. The number of carbonyl (C=O) groups is 1. The first kappa shape index (κ1) is 16.6. The summed E-state index contributed by atoms with van der Waals surface area (Å²) >= 11 is 11.9. The zero-order valence-corrected chi connectivity index (χ0v) is 14.2. The van der Waals surface area contributed by atoms with E-state index >= 15 is 0 Å². The Balaban J connectivity index is 1.77. The lowest BCUT2D eigenvalue weighted by molar-refractivity contribution is -0.122. The van der Waals surface area contributed by atoms with Crippen LogP contribution in [0.25, 0.3) is 0 Å². The normalized spacial score (nSPS) is 21.2. The van der Waals surface area contributed by atoms with Crippen molar-refractivity contribution in [1.29, 1.82) is 0 Å². The number of benzene rings is 1. The van der Waals surface area contributed by atoms with Crippen LogP contribution in [0.2, 0.25) is 10.0 Å². The SMILES string of the molecule is CC(C)(C)NCCNC(=O)C1CC1c1ccc(Cl)c(Cl)c1. The van der Waals surface area contributed by atoms with Crippen molar-refractivity contribution in [2.75, 3.05) is 13.1 Å². The number of rotatable bonds is 5. The molecule has 1 saturated carbocycles. The summed E-state index contributed by atoms with van der Waals surface area (Å²) in [4.78, 5) is 12.1. The fourth-order valence-electron chi connectivity index (χ4n) is 2.35. The number of nitrogens with one attached hydrogen (secondary N) is 2. The molecule has 1 fully saturated rings. The highest BCUT2D eigenvalue weighted by Crippen LogP contribution is 2.48. The minimum atomic E-state index is 0.0666. The van der Waals surface area contributed by atoms with E-state index in [2.05, 4.69) is 31.4 Å². The number of hydrogen-bond donors (Lipinski definition) is 2. The molecule has 0 radical (unpaired) electrons. The standard InChI is InChI=1S/C16H22Cl2N2O/c1-16(2,3)20-7-6-19-15(21)12-9-11(12)10-4-5-13(17)14(18)8-10/h4-5,8,11-12,20H,6-7,9H2,1-3H3,(H,19,21). The van der Waals surface area contributed by atoms with Crippen LogP contribution in [-0.4, -0.2) is 24.5 Å². The molecule has 1 aromatic rings. The summed E-state index contributed by atoms with van der Waals surface area (Å²) in [6, 6.07) is 5.61. The molecule has 5 heteroatoms. The monoisotopic (exact) mass is 328 g/mol. The van der Waals surface area contributed by atoms with Gasteiger partial charge < -0.3 is 10.6 Å². The summed E-state index contributed by atoms with van der Waals surface area (Å²) in [6.07, 6.45) is 0.885. The van der Waals surface area contributed by atoms with Gasteiger partial charge in [-0.15, -0.1) is 0 Å². The minimum Gasteiger partial charge on any atom is -0.355 e. The summed E-state index contributed by atoms with van der Waals surface area (Å²) in [5, 5.41) is 7.43. The molecule has 1 aliphatic rings. The van der Waals surface area contributed by atoms with E-state index in [9.17, 15) is 4.79 Å². The van der Waals surface area contributed by atoms with E-state index in [0.29, 0.717) is 16.6 Å². The van der Waals surface area contributed by atoms with Crippen molar-refractivity contribution >= 4 is 29.1 Å². The molecule has 2 rings (SSSR count). The van der Waals surface area contributed by atoms with E-state index in [-0.39, 0.29) is 23.3 Å². The van der Waals surface area contributed by atoms with Crippen molar-refractivity contribution in [3.8, 4) is 0 Å². The molecular formula is C16H22Cl2N2O. The Morgan fingerprint density at radius 2 is 1.95 bits per heavy atom. The predicted octanol–water partition coefficient (Wildman–Crippen LogP) is 3.60. The van der Waals surface area contributed by atoms with Gasteiger partial charge in [0.15, 0.2) is 0 Å². The van der Waals surface area contributed by atoms with Crippen LogP contribution >= 0.6 is 23.2 Å². The van der Waals surface area contributed by atoms with Gasteiger partial charge in [-0.25, -0.2) is 0 Å². The number of hydrogen-bond acceptors (Lipinski definition) is 2. The quantitative estimate of drug-likeness (QED) is 0.811. The van der Waals surface area contributed by atoms with Crippen molar-refractivity contribution < 1.29 is 4.79 Å². The lowest BCUT2D eigenvalue weighted by atomic mass is 10.1. The van der Waals surface area contributed by atoms with Crippen LogP contribution in [0.5, 0.6) is 0 Å². The first-order chi connectivity index (χ1) is 9.78. The van der Waals surface area contributed by atoms with Crippen LogP contribution in [0.4, 0.5) is 0 Å². The fraction of sp³-hybridized carbons (Fsp3) is 0.562. The molecule has 1 aliphatic carbocycles.